The molecule has 9 atom stereocenters. The Labute approximate surface area is 417 Å². The number of fused-ring (bicyclic) bond motifs is 7. The number of rotatable bonds is 1. The Morgan fingerprint density at radius 3 is 1.32 bits per heavy atom. The molecule has 30 nitrogen and oxygen atoms in total. The summed E-state index contributed by atoms with van der Waals surface area (Å²) < 4.78 is 34.0. The van der Waals surface area contributed by atoms with Gasteiger partial charge in [-0.25, -0.2) is 24.0 Å². The maximum atomic E-state index is 15.5. The normalized spacial score (nSPS) is 25.7. The van der Waals surface area contributed by atoms with Crippen molar-refractivity contribution in [3.8, 4) is 120 Å². The van der Waals surface area contributed by atoms with E-state index in [9.17, 15) is 111 Å². The minimum absolute atomic E-state index is 0.271. The third kappa shape index (κ3) is 6.61. The molecule has 0 radical (unpaired) electrons. The third-order valence-electron chi connectivity index (χ3n) is 13.6. The van der Waals surface area contributed by atoms with E-state index in [4.69, 9.17) is 28.4 Å². The van der Waals surface area contributed by atoms with Gasteiger partial charge in [0.1, 0.15) is 24.9 Å². The molecule has 6 bridgehead atoms. The number of esters is 5. The maximum absolute atomic E-state index is 15.5. The molecule has 0 aliphatic carbocycles. The molecule has 6 heterocycles. The molecule has 6 aliphatic rings. The lowest BCUT2D eigenvalue weighted by atomic mass is 9.71. The molecule has 0 saturated carbocycles. The molecule has 0 spiro atoms. The number of aromatic hydroxyl groups is 15. The van der Waals surface area contributed by atoms with Gasteiger partial charge in [-0.15, -0.1) is 0 Å². The monoisotopic (exact) mass is 1070 g/mol. The molecular formula is C46H34O30. The summed E-state index contributed by atoms with van der Waals surface area (Å²) in [5, 5.41) is 214. The highest BCUT2D eigenvalue weighted by atomic mass is 16.7. The Kier molecular flexibility index (Phi) is 10.9. The van der Waals surface area contributed by atoms with Gasteiger partial charge in [-0.05, 0) is 18.2 Å². The number of phenolic OH excluding ortho intramolecular Hbond substituents is 15. The molecule has 0 aromatic heterocycles. The van der Waals surface area contributed by atoms with Crippen LogP contribution >= 0.6 is 0 Å². The smallest absolute Gasteiger partial charge is 0.340 e. The van der Waals surface area contributed by atoms with Crippen LogP contribution in [-0.4, -0.2) is 189 Å². The van der Waals surface area contributed by atoms with E-state index in [0.29, 0.717) is 6.07 Å². The third-order valence-corrected chi connectivity index (χ3v) is 13.6. The first-order chi connectivity index (χ1) is 35.7. The standard InChI is InChI=1S/C46H34O30/c47-9-1-6-14(28(55)24(9)51)15-7(2-10(48)25(52)29(15)56)43(67)74-37-13(5-71-41(6)65)73-42(66)8-3-11(49)26(53)30(57)16(8)17-20-18(32(59)35(62)31(17)58)19-21-22(34(61)36(63)33(19)60)23(38(75-45(21)69)39(37)76-44(20)68)46(70)40(64)27(54)12(50)4-72-46/h1-3,12-13,23,27,37-40,47-64,70H,4-5H2/t12-,13-,23+,27+,37-,38-,39?,40-,46+/m1/s1. The number of hydrogen-bond donors (Lipinski definition) is 19. The summed E-state index contributed by atoms with van der Waals surface area (Å²) in [7, 11) is 0. The molecule has 5 aromatic carbocycles. The summed E-state index contributed by atoms with van der Waals surface area (Å²) in [6.07, 6.45) is -19.3. The van der Waals surface area contributed by atoms with E-state index in [1.54, 1.807) is 0 Å². The van der Waals surface area contributed by atoms with Crippen LogP contribution in [0.3, 0.4) is 0 Å². The van der Waals surface area contributed by atoms with E-state index < -0.39 is 250 Å². The Morgan fingerprint density at radius 2 is 0.789 bits per heavy atom. The number of cyclic esters (lactones) is 1. The minimum atomic E-state index is -3.72. The topological polar surface area (TPSA) is 525 Å². The van der Waals surface area contributed by atoms with E-state index in [0.717, 1.165) is 0 Å². The van der Waals surface area contributed by atoms with Gasteiger partial charge in [0, 0.05) is 38.9 Å². The first-order valence-electron chi connectivity index (χ1n) is 21.5. The lowest BCUT2D eigenvalue weighted by Crippen LogP contribution is -2.68. The molecule has 1 fully saturated rings. The van der Waals surface area contributed by atoms with Gasteiger partial charge in [-0.3, -0.25) is 0 Å². The van der Waals surface area contributed by atoms with Crippen molar-refractivity contribution in [2.24, 2.45) is 0 Å². The first kappa shape index (κ1) is 49.8. The van der Waals surface area contributed by atoms with Gasteiger partial charge in [-0.1, -0.05) is 0 Å². The van der Waals surface area contributed by atoms with Crippen LogP contribution in [0.25, 0.3) is 33.4 Å². The molecule has 0 amide bonds. The predicted molar refractivity (Wildman–Crippen MR) is 233 cm³/mol. The fourth-order valence-electron chi connectivity index (χ4n) is 9.99. The molecule has 11 rings (SSSR count). The predicted octanol–water partition coefficient (Wildman–Crippen LogP) is -0.830. The molecule has 6 aliphatic heterocycles. The number of phenols is 15. The summed E-state index contributed by atoms with van der Waals surface area (Å²) in [4.78, 5) is 74.4. The van der Waals surface area contributed by atoms with Gasteiger partial charge in [0.05, 0.1) is 40.3 Å². The molecule has 30 heteroatoms. The molecule has 1 saturated heterocycles. The van der Waals surface area contributed by atoms with Gasteiger partial charge < -0.3 is 125 Å². The largest absolute Gasteiger partial charge is 0.504 e. The van der Waals surface area contributed by atoms with E-state index in [1.165, 1.54) is 0 Å². The highest BCUT2D eigenvalue weighted by Gasteiger charge is 2.65. The zero-order chi connectivity index (χ0) is 55.4. The summed E-state index contributed by atoms with van der Waals surface area (Å²) in [5.74, 6) is -40.7. The highest BCUT2D eigenvalue weighted by molar-refractivity contribution is 6.16. The zero-order valence-electron chi connectivity index (χ0n) is 37.3. The molecule has 76 heavy (non-hydrogen) atoms. The Balaban J connectivity index is 1.39. The average molecular weight is 1070 g/mol. The van der Waals surface area contributed by atoms with Gasteiger partial charge in [0.15, 0.2) is 81.9 Å². The lowest BCUT2D eigenvalue weighted by Gasteiger charge is -2.51. The van der Waals surface area contributed by atoms with Crippen LogP contribution in [0.2, 0.25) is 0 Å². The van der Waals surface area contributed by atoms with Gasteiger partial charge in [-0.2, -0.15) is 0 Å². The van der Waals surface area contributed by atoms with Crippen molar-refractivity contribution < 1.29 is 149 Å². The summed E-state index contributed by atoms with van der Waals surface area (Å²) in [6.45, 7) is -2.84. The summed E-state index contributed by atoms with van der Waals surface area (Å²) in [5.41, 5.74) is -16.3. The Morgan fingerprint density at radius 1 is 0.395 bits per heavy atom. The Bertz CT molecular complexity index is 3510. The summed E-state index contributed by atoms with van der Waals surface area (Å²) >= 11 is 0. The second-order valence-electron chi connectivity index (χ2n) is 17.6. The van der Waals surface area contributed by atoms with Gasteiger partial charge in [0.2, 0.25) is 34.5 Å². The van der Waals surface area contributed by atoms with Crippen LogP contribution < -0.4 is 0 Å². The van der Waals surface area contributed by atoms with Gasteiger partial charge in [0.25, 0.3) is 0 Å². The number of carbonyl (C=O) groups is 5. The van der Waals surface area contributed by atoms with Crippen molar-refractivity contribution in [2.45, 2.75) is 54.4 Å². The fourth-order valence-corrected chi connectivity index (χ4v) is 9.99. The number of ether oxygens (including phenoxy) is 6. The quantitative estimate of drug-likeness (QED) is 0.0553. The summed E-state index contributed by atoms with van der Waals surface area (Å²) in [6, 6.07) is 0.916. The molecular weight excluding hydrogens is 1030 g/mol. The second-order valence-corrected chi connectivity index (χ2v) is 17.6. The minimum Gasteiger partial charge on any atom is -0.504 e. The molecule has 5 aromatic rings. The van der Waals surface area contributed by atoms with E-state index in [1.807, 2.05) is 0 Å². The van der Waals surface area contributed by atoms with Crippen molar-refractivity contribution in [2.75, 3.05) is 13.2 Å². The SMILES string of the molecule is O=C1OC[C@H]2OC(=O)c3cc(O)c(O)c(O)c3-c3c(O)c(O)c(O)c4c3C(=O)OC([C@@H]2OC(=O)c2cc(O)c(O)c(O)c2-c2c1cc(O)c(O)c2O)[C@@H]1OC(=O)c2c-4c(O)c(O)c(O)c2[C@@H]1[C@]1(O)OC[C@@H](O)[C@H](O)[C@H]1O. The van der Waals surface area contributed by atoms with E-state index >= 15 is 9.59 Å². The van der Waals surface area contributed by atoms with E-state index in [-0.39, 0.29) is 12.1 Å². The van der Waals surface area contributed by atoms with Crippen LogP contribution in [0.5, 0.6) is 86.2 Å². The van der Waals surface area contributed by atoms with Crippen molar-refractivity contribution in [1.82, 2.24) is 0 Å². The van der Waals surface area contributed by atoms with Crippen LogP contribution in [0.15, 0.2) is 18.2 Å². The molecule has 19 N–H and O–H groups in total. The number of benzene rings is 5. The number of aliphatic hydroxyl groups excluding tert-OH is 3. The van der Waals surface area contributed by atoms with Crippen LogP contribution in [0, 0.1) is 0 Å². The van der Waals surface area contributed by atoms with Gasteiger partial charge >= 0.3 is 29.8 Å². The zero-order valence-corrected chi connectivity index (χ0v) is 37.3. The van der Waals surface area contributed by atoms with Crippen LogP contribution in [-0.2, 0) is 28.4 Å². The average Bonchev–Trinajstić information content (AvgIpc) is 3.53. The van der Waals surface area contributed by atoms with Crippen molar-refractivity contribution in [1.29, 1.82) is 0 Å². The first-order valence-corrected chi connectivity index (χ1v) is 21.5. The second kappa shape index (κ2) is 16.6. The van der Waals surface area contributed by atoms with Crippen molar-refractivity contribution in [3.05, 3.63) is 51.6 Å². The van der Waals surface area contributed by atoms with Crippen molar-refractivity contribution in [3.63, 3.8) is 0 Å². The lowest BCUT2D eigenvalue weighted by molar-refractivity contribution is -0.341. The van der Waals surface area contributed by atoms with E-state index in [2.05, 4.69) is 0 Å². The number of hydrogen-bond acceptors (Lipinski definition) is 30. The maximum Gasteiger partial charge on any atom is 0.340 e. The number of aliphatic hydroxyl groups is 4. The molecule has 1 unspecified atom stereocenters. The Hall–Kier alpha value is -9.75. The van der Waals surface area contributed by atoms with Crippen molar-refractivity contribution >= 4 is 29.8 Å². The number of carbonyl (C=O) groups excluding carboxylic acids is 5. The molecule has 398 valence electrons. The fraction of sp³-hybridized carbons (Fsp3) is 0.239. The highest BCUT2D eigenvalue weighted by Crippen LogP contribution is 2.63. The van der Waals surface area contributed by atoms with Crippen LogP contribution in [0.4, 0.5) is 0 Å². The van der Waals surface area contributed by atoms with Crippen LogP contribution in [0.1, 0.15) is 63.3 Å².